The van der Waals surface area contributed by atoms with E-state index in [9.17, 15) is 4.79 Å². The van der Waals surface area contributed by atoms with Crippen molar-refractivity contribution in [1.29, 1.82) is 0 Å². The van der Waals surface area contributed by atoms with Crippen molar-refractivity contribution in [3.05, 3.63) is 42.3 Å². The Kier molecular flexibility index (Phi) is 4.80. The Morgan fingerprint density at radius 1 is 1.20 bits per heavy atom. The predicted octanol–water partition coefficient (Wildman–Crippen LogP) is 1.09. The third kappa shape index (κ3) is 4.10. The van der Waals surface area contributed by atoms with Gasteiger partial charge in [-0.3, -0.25) is 10.1 Å². The maximum absolute atomic E-state index is 11.4. The first-order valence-electron chi connectivity index (χ1n) is 4.55. The van der Waals surface area contributed by atoms with E-state index in [1.54, 1.807) is 0 Å². The lowest BCUT2D eigenvalue weighted by Crippen LogP contribution is -2.31. The van der Waals surface area contributed by atoms with Gasteiger partial charge < -0.3 is 9.47 Å². The van der Waals surface area contributed by atoms with Crippen molar-refractivity contribution in [2.45, 2.75) is 6.42 Å². The van der Waals surface area contributed by atoms with Crippen LogP contribution in [-0.4, -0.2) is 20.1 Å². The van der Waals surface area contributed by atoms with Gasteiger partial charge in [0.15, 0.2) is 0 Å². The molecule has 0 saturated carbocycles. The Bertz CT molecular complexity index is 296. The molecular formula is C11H14NO3. The summed E-state index contributed by atoms with van der Waals surface area (Å²) >= 11 is 0. The number of ether oxygens (including phenoxy) is 2. The quantitative estimate of drug-likeness (QED) is 0.787. The first-order chi connectivity index (χ1) is 7.26. The molecule has 1 rings (SSSR count). The second kappa shape index (κ2) is 6.16. The van der Waals surface area contributed by atoms with Gasteiger partial charge in [0.25, 0.3) is 0 Å². The fourth-order valence-corrected chi connectivity index (χ4v) is 1.12. The van der Waals surface area contributed by atoms with E-state index in [1.165, 1.54) is 14.2 Å². The Morgan fingerprint density at radius 2 is 1.80 bits per heavy atom. The van der Waals surface area contributed by atoms with Crippen LogP contribution < -0.4 is 5.32 Å². The van der Waals surface area contributed by atoms with Crippen LogP contribution in [0.5, 0.6) is 0 Å². The Labute approximate surface area is 89.2 Å². The van der Waals surface area contributed by atoms with Crippen LogP contribution in [0.15, 0.2) is 30.3 Å². The summed E-state index contributed by atoms with van der Waals surface area (Å²) in [5.41, 5.74) is 0.946. The van der Waals surface area contributed by atoms with Crippen LogP contribution in [0.4, 0.5) is 0 Å². The number of hydrogen-bond acceptors (Lipinski definition) is 3. The molecule has 1 amide bonds. The molecule has 0 bridgehead atoms. The Morgan fingerprint density at radius 3 is 2.33 bits per heavy atom. The van der Waals surface area contributed by atoms with Gasteiger partial charge in [-0.05, 0) is 5.56 Å². The average molecular weight is 208 g/mol. The van der Waals surface area contributed by atoms with E-state index in [1.807, 2.05) is 30.3 Å². The first kappa shape index (κ1) is 11.7. The van der Waals surface area contributed by atoms with Crippen LogP contribution in [0, 0.1) is 6.41 Å². The molecule has 1 aromatic rings. The van der Waals surface area contributed by atoms with Crippen molar-refractivity contribution in [2.24, 2.45) is 0 Å². The molecule has 4 nitrogen and oxygen atoms in total. The standard InChI is InChI=1S/C11H14NO3/c1-14-11(15-2)12-10(13)8-9-6-4-3-5-7-9/h3-7H,8H2,1-2H3,(H,12,13). The molecule has 4 heteroatoms. The highest BCUT2D eigenvalue weighted by Gasteiger charge is 2.12. The highest BCUT2D eigenvalue weighted by molar-refractivity contribution is 5.79. The highest BCUT2D eigenvalue weighted by atomic mass is 16.7. The van der Waals surface area contributed by atoms with Crippen molar-refractivity contribution in [2.75, 3.05) is 14.2 Å². The summed E-state index contributed by atoms with van der Waals surface area (Å²) in [6.07, 6.45) is 0.410. The number of amides is 1. The molecule has 0 aliphatic rings. The lowest BCUT2D eigenvalue weighted by molar-refractivity contribution is -0.126. The van der Waals surface area contributed by atoms with Gasteiger partial charge in [0.2, 0.25) is 5.91 Å². The van der Waals surface area contributed by atoms with Crippen molar-refractivity contribution in [1.82, 2.24) is 5.32 Å². The molecule has 0 atom stereocenters. The van der Waals surface area contributed by atoms with Gasteiger partial charge in [-0.25, -0.2) is 0 Å². The SMILES string of the molecule is CO[C](NC(=O)Cc1ccccc1)OC. The van der Waals surface area contributed by atoms with E-state index in [2.05, 4.69) is 5.32 Å². The summed E-state index contributed by atoms with van der Waals surface area (Å²) in [4.78, 5) is 11.4. The second-order valence-electron chi connectivity index (χ2n) is 2.91. The molecule has 1 N–H and O–H groups in total. The monoisotopic (exact) mass is 208 g/mol. The number of hydrogen-bond donors (Lipinski definition) is 1. The zero-order valence-electron chi connectivity index (χ0n) is 8.82. The number of carbonyl (C=O) groups excluding carboxylic acids is 1. The normalized spacial score (nSPS) is 10.3. The van der Waals surface area contributed by atoms with Crippen LogP contribution in [0.3, 0.4) is 0 Å². The van der Waals surface area contributed by atoms with Crippen LogP contribution >= 0.6 is 0 Å². The smallest absolute Gasteiger partial charge is 0.330 e. The molecule has 0 aromatic heterocycles. The van der Waals surface area contributed by atoms with Gasteiger partial charge in [-0.15, -0.1) is 0 Å². The third-order valence-corrected chi connectivity index (χ3v) is 1.82. The first-order valence-corrected chi connectivity index (χ1v) is 4.55. The predicted molar refractivity (Wildman–Crippen MR) is 55.5 cm³/mol. The molecule has 1 radical (unpaired) electrons. The van der Waals surface area contributed by atoms with Gasteiger partial charge in [0.1, 0.15) is 0 Å². The molecule has 1 aromatic carbocycles. The fourth-order valence-electron chi connectivity index (χ4n) is 1.12. The fraction of sp³-hybridized carbons (Fsp3) is 0.273. The maximum Gasteiger partial charge on any atom is 0.330 e. The molecule has 0 unspecified atom stereocenters. The minimum absolute atomic E-state index is 0.107. The summed E-state index contributed by atoms with van der Waals surface area (Å²) < 4.78 is 9.54. The average Bonchev–Trinajstić information content (AvgIpc) is 2.27. The molecule has 0 fully saturated rings. The molecule has 0 aliphatic carbocycles. The summed E-state index contributed by atoms with van der Waals surface area (Å²) in [7, 11) is 2.86. The highest BCUT2D eigenvalue weighted by Crippen LogP contribution is 2.01. The molecule has 0 heterocycles. The van der Waals surface area contributed by atoms with Crippen LogP contribution in [0.1, 0.15) is 5.56 Å². The molecule has 0 saturated heterocycles. The molecule has 15 heavy (non-hydrogen) atoms. The minimum Gasteiger partial charge on any atom is -0.330 e. The minimum atomic E-state index is -0.167. The lowest BCUT2D eigenvalue weighted by atomic mass is 10.1. The van der Waals surface area contributed by atoms with Crippen molar-refractivity contribution >= 4 is 5.91 Å². The van der Waals surface area contributed by atoms with Crippen molar-refractivity contribution < 1.29 is 14.3 Å². The summed E-state index contributed by atoms with van der Waals surface area (Å²) in [5, 5.41) is 2.50. The van der Waals surface area contributed by atoms with Crippen LogP contribution in [-0.2, 0) is 20.7 Å². The number of methoxy groups -OCH3 is 2. The number of nitrogens with one attached hydrogen (secondary N) is 1. The Hall–Kier alpha value is -1.39. The third-order valence-electron chi connectivity index (χ3n) is 1.82. The summed E-state index contributed by atoms with van der Waals surface area (Å²) in [5.74, 6) is -0.167. The Balaban J connectivity index is 2.43. The van der Waals surface area contributed by atoms with Gasteiger partial charge in [0, 0.05) is 14.2 Å². The molecule has 81 valence electrons. The van der Waals surface area contributed by atoms with Gasteiger partial charge in [0.05, 0.1) is 6.42 Å². The van der Waals surface area contributed by atoms with Crippen molar-refractivity contribution in [3.63, 3.8) is 0 Å². The van der Waals surface area contributed by atoms with E-state index < -0.39 is 0 Å². The van der Waals surface area contributed by atoms with Gasteiger partial charge in [-0.2, -0.15) is 0 Å². The molecule has 0 spiro atoms. The number of benzene rings is 1. The second-order valence-corrected chi connectivity index (χ2v) is 2.91. The van der Waals surface area contributed by atoms with Gasteiger partial charge >= 0.3 is 6.41 Å². The summed E-state index contributed by atoms with van der Waals surface area (Å²) in [6.45, 7) is 0. The molecule has 0 aliphatic heterocycles. The maximum atomic E-state index is 11.4. The van der Waals surface area contributed by atoms with Crippen LogP contribution in [0.2, 0.25) is 0 Å². The van der Waals surface area contributed by atoms with E-state index in [-0.39, 0.29) is 12.3 Å². The van der Waals surface area contributed by atoms with Crippen LogP contribution in [0.25, 0.3) is 0 Å². The molecular weight excluding hydrogens is 194 g/mol. The zero-order chi connectivity index (χ0) is 11.1. The number of carbonyl (C=O) groups is 1. The topological polar surface area (TPSA) is 47.6 Å². The van der Waals surface area contributed by atoms with E-state index in [4.69, 9.17) is 9.47 Å². The van der Waals surface area contributed by atoms with E-state index in [0.29, 0.717) is 6.42 Å². The van der Waals surface area contributed by atoms with Gasteiger partial charge in [-0.1, -0.05) is 30.3 Å². The number of rotatable bonds is 5. The van der Waals surface area contributed by atoms with E-state index in [0.717, 1.165) is 5.56 Å². The van der Waals surface area contributed by atoms with Crippen molar-refractivity contribution in [3.8, 4) is 0 Å². The zero-order valence-corrected chi connectivity index (χ0v) is 8.82. The largest absolute Gasteiger partial charge is 0.330 e. The van der Waals surface area contributed by atoms with E-state index >= 15 is 0 Å². The summed E-state index contributed by atoms with van der Waals surface area (Å²) in [6, 6.07) is 9.46. The lowest BCUT2D eigenvalue weighted by Gasteiger charge is -2.12.